The number of hydrogen-bond acceptors (Lipinski definition) is 0. The van der Waals surface area contributed by atoms with Gasteiger partial charge in [0.25, 0.3) is 0 Å². The van der Waals surface area contributed by atoms with Gasteiger partial charge in [-0.25, -0.2) is 0 Å². The number of rotatable bonds is 6. The van der Waals surface area contributed by atoms with Crippen LogP contribution in [0.15, 0.2) is 0 Å². The molecule has 0 fully saturated rings. The molecule has 0 saturated carbocycles. The lowest BCUT2D eigenvalue weighted by Crippen LogP contribution is -2.61. The van der Waals surface area contributed by atoms with Crippen molar-refractivity contribution in [2.75, 3.05) is 25.4 Å². The van der Waals surface area contributed by atoms with E-state index in [-0.39, 0.29) is 0 Å². The first-order chi connectivity index (χ1) is 6.54. The van der Waals surface area contributed by atoms with E-state index in [1.807, 2.05) is 0 Å². The van der Waals surface area contributed by atoms with Gasteiger partial charge in [-0.1, -0.05) is 39.3 Å². The zero-order valence-electron chi connectivity index (χ0n) is 12.3. The molecule has 0 aliphatic heterocycles. The van der Waals surface area contributed by atoms with Gasteiger partial charge in [0, 0.05) is 0 Å². The molecule has 0 aromatic carbocycles. The standard InChI is InChI=1S/C12H32NSi2/c1-9-13(10-2,11-14(3,4)5)12-15(6,7)8/h9-12H2,1-8H3/q+1. The highest BCUT2D eigenvalue weighted by Crippen LogP contribution is 2.18. The second kappa shape index (κ2) is 5.15. The number of quaternary nitrogens is 1. The summed E-state index contributed by atoms with van der Waals surface area (Å²) in [6.45, 7) is 22.5. The normalized spacial score (nSPS) is 14.4. The van der Waals surface area contributed by atoms with E-state index in [1.165, 1.54) is 29.9 Å². The molecule has 0 N–H and O–H groups in total. The summed E-state index contributed by atoms with van der Waals surface area (Å²) in [6.07, 6.45) is 2.93. The van der Waals surface area contributed by atoms with Crippen LogP contribution in [0, 0.1) is 0 Å². The fourth-order valence-corrected chi connectivity index (χ4v) is 8.11. The van der Waals surface area contributed by atoms with Gasteiger partial charge in [0.05, 0.1) is 25.4 Å². The molecular weight excluding hydrogens is 214 g/mol. The second-order valence-corrected chi connectivity index (χ2v) is 18.3. The lowest BCUT2D eigenvalue weighted by molar-refractivity contribution is -0.906. The fraction of sp³-hybridized carbons (Fsp3) is 1.00. The van der Waals surface area contributed by atoms with E-state index in [2.05, 4.69) is 53.1 Å². The molecule has 0 aromatic heterocycles. The summed E-state index contributed by atoms with van der Waals surface area (Å²) in [4.78, 5) is 0. The third kappa shape index (κ3) is 6.53. The van der Waals surface area contributed by atoms with Gasteiger partial charge < -0.3 is 4.48 Å². The van der Waals surface area contributed by atoms with Crippen molar-refractivity contribution in [3.05, 3.63) is 0 Å². The molecule has 1 nitrogen and oxygen atoms in total. The van der Waals surface area contributed by atoms with Crippen molar-refractivity contribution >= 4 is 16.1 Å². The van der Waals surface area contributed by atoms with Gasteiger partial charge >= 0.3 is 0 Å². The summed E-state index contributed by atoms with van der Waals surface area (Å²) in [6, 6.07) is 0. The predicted molar refractivity (Wildman–Crippen MR) is 77.8 cm³/mol. The van der Waals surface area contributed by atoms with E-state index >= 15 is 0 Å². The van der Waals surface area contributed by atoms with E-state index < -0.39 is 16.1 Å². The summed E-state index contributed by atoms with van der Waals surface area (Å²) in [5.74, 6) is 0. The van der Waals surface area contributed by atoms with Crippen LogP contribution in [-0.2, 0) is 0 Å². The van der Waals surface area contributed by atoms with Gasteiger partial charge in [-0.3, -0.25) is 0 Å². The first-order valence-corrected chi connectivity index (χ1v) is 13.8. The maximum absolute atomic E-state index is 2.51. The lowest BCUT2D eigenvalue weighted by Gasteiger charge is -2.44. The monoisotopic (exact) mass is 246 g/mol. The molecule has 0 heterocycles. The first-order valence-electron chi connectivity index (χ1n) is 6.39. The van der Waals surface area contributed by atoms with E-state index in [4.69, 9.17) is 0 Å². The molecule has 0 bridgehead atoms. The number of hydrogen-bond donors (Lipinski definition) is 0. The molecule has 3 heteroatoms. The predicted octanol–water partition coefficient (Wildman–Crippen LogP) is 3.60. The average molecular weight is 247 g/mol. The first kappa shape index (κ1) is 15.4. The Morgan fingerprint density at radius 3 is 1.07 bits per heavy atom. The minimum atomic E-state index is -0.940. The van der Waals surface area contributed by atoms with Crippen LogP contribution in [-0.4, -0.2) is 46.1 Å². The Bertz CT molecular complexity index is 167. The fourth-order valence-electron chi connectivity index (χ4n) is 2.74. The van der Waals surface area contributed by atoms with E-state index in [9.17, 15) is 0 Å². The quantitative estimate of drug-likeness (QED) is 0.496. The van der Waals surface area contributed by atoms with Crippen molar-refractivity contribution in [2.24, 2.45) is 0 Å². The zero-order chi connectivity index (χ0) is 12.3. The van der Waals surface area contributed by atoms with E-state index in [0.29, 0.717) is 0 Å². The molecular formula is C12H32NSi2+. The van der Waals surface area contributed by atoms with Gasteiger partial charge in [-0.05, 0) is 13.8 Å². The molecule has 0 unspecified atom stereocenters. The highest BCUT2D eigenvalue weighted by molar-refractivity contribution is 6.77. The minimum Gasteiger partial charge on any atom is -0.331 e. The summed E-state index contributed by atoms with van der Waals surface area (Å²) < 4.78 is 1.38. The van der Waals surface area contributed by atoms with Crippen molar-refractivity contribution in [1.29, 1.82) is 0 Å². The van der Waals surface area contributed by atoms with E-state index in [1.54, 1.807) is 0 Å². The Morgan fingerprint density at radius 1 is 0.667 bits per heavy atom. The van der Waals surface area contributed by atoms with Crippen LogP contribution in [0.2, 0.25) is 39.3 Å². The van der Waals surface area contributed by atoms with Crippen LogP contribution in [0.4, 0.5) is 0 Å². The molecule has 0 radical (unpaired) electrons. The Hall–Kier alpha value is 0.394. The average Bonchev–Trinajstić information content (AvgIpc) is 1.98. The lowest BCUT2D eigenvalue weighted by atomic mass is 10.5. The maximum atomic E-state index is 2.51. The van der Waals surface area contributed by atoms with Crippen LogP contribution in [0.1, 0.15) is 13.8 Å². The molecule has 0 aromatic rings. The van der Waals surface area contributed by atoms with Crippen molar-refractivity contribution in [3.63, 3.8) is 0 Å². The molecule has 0 spiro atoms. The Morgan fingerprint density at radius 2 is 0.933 bits per heavy atom. The van der Waals surface area contributed by atoms with Gasteiger partial charge in [0.1, 0.15) is 16.1 Å². The molecule has 0 atom stereocenters. The molecule has 15 heavy (non-hydrogen) atoms. The van der Waals surface area contributed by atoms with Gasteiger partial charge in [0.2, 0.25) is 0 Å². The number of nitrogens with zero attached hydrogens (tertiary/aromatic N) is 1. The van der Waals surface area contributed by atoms with Crippen LogP contribution < -0.4 is 0 Å². The molecule has 0 rings (SSSR count). The summed E-state index contributed by atoms with van der Waals surface area (Å²) >= 11 is 0. The summed E-state index contributed by atoms with van der Waals surface area (Å²) in [7, 11) is -1.88. The largest absolute Gasteiger partial charge is 0.331 e. The SMILES string of the molecule is CC[N+](CC)(C[Si](C)(C)C)C[Si](C)(C)C. The van der Waals surface area contributed by atoms with E-state index in [0.717, 1.165) is 0 Å². The molecule has 0 saturated heterocycles. The van der Waals surface area contributed by atoms with Gasteiger partial charge in [-0.15, -0.1) is 0 Å². The molecule has 0 aliphatic carbocycles. The molecule has 0 aliphatic rings. The van der Waals surface area contributed by atoms with Crippen molar-refractivity contribution in [2.45, 2.75) is 53.1 Å². The topological polar surface area (TPSA) is 0 Å². The van der Waals surface area contributed by atoms with Crippen LogP contribution in [0.3, 0.4) is 0 Å². The van der Waals surface area contributed by atoms with Crippen LogP contribution in [0.25, 0.3) is 0 Å². The van der Waals surface area contributed by atoms with Gasteiger partial charge in [0.15, 0.2) is 0 Å². The zero-order valence-corrected chi connectivity index (χ0v) is 14.3. The van der Waals surface area contributed by atoms with Crippen molar-refractivity contribution in [1.82, 2.24) is 0 Å². The second-order valence-electron chi connectivity index (χ2n) is 7.41. The van der Waals surface area contributed by atoms with Crippen molar-refractivity contribution < 1.29 is 4.48 Å². The van der Waals surface area contributed by atoms with Gasteiger partial charge in [-0.2, -0.15) is 0 Å². The maximum Gasteiger partial charge on any atom is 0.110 e. The van der Waals surface area contributed by atoms with Crippen LogP contribution in [0.5, 0.6) is 0 Å². The van der Waals surface area contributed by atoms with Crippen LogP contribution >= 0.6 is 0 Å². The Balaban J connectivity index is 4.74. The third-order valence-electron chi connectivity index (χ3n) is 2.96. The summed E-state index contributed by atoms with van der Waals surface area (Å²) in [5.41, 5.74) is 0. The Kier molecular flexibility index (Phi) is 5.28. The highest BCUT2D eigenvalue weighted by atomic mass is 28.3. The third-order valence-corrected chi connectivity index (χ3v) is 6.20. The summed E-state index contributed by atoms with van der Waals surface area (Å²) in [5, 5.41) is 0. The Labute approximate surface area is 99.5 Å². The smallest absolute Gasteiger partial charge is 0.110 e. The molecule has 92 valence electrons. The van der Waals surface area contributed by atoms with Crippen molar-refractivity contribution in [3.8, 4) is 0 Å². The molecule has 0 amide bonds. The minimum absolute atomic E-state index is 0.940. The highest BCUT2D eigenvalue weighted by Gasteiger charge is 2.35.